The van der Waals surface area contributed by atoms with Gasteiger partial charge < -0.3 is 0 Å². The minimum Gasteiger partial charge on any atom is -0.207 e. The predicted octanol–water partition coefficient (Wildman–Crippen LogP) is 2.18. The van der Waals surface area contributed by atoms with Crippen LogP contribution in [-0.4, -0.2) is 24.3 Å². The Morgan fingerprint density at radius 2 is 1.45 bits per heavy atom. The molecule has 0 aliphatic carbocycles. The summed E-state index contributed by atoms with van der Waals surface area (Å²) in [5.74, 6) is 0. The molecule has 0 aromatic rings. The van der Waals surface area contributed by atoms with Gasteiger partial charge in [-0.3, -0.25) is 0 Å². The molecule has 0 heterocycles. The molecule has 0 atom stereocenters. The molecular weight excluding hydrogens is 155 g/mol. The van der Waals surface area contributed by atoms with E-state index in [4.69, 9.17) is 0 Å². The molecule has 11 heavy (non-hydrogen) atoms. The molecule has 64 valence electrons. The fourth-order valence-electron chi connectivity index (χ4n) is 0.593. The van der Waals surface area contributed by atoms with Crippen molar-refractivity contribution in [3.8, 4) is 0 Å². The molecule has 4 heteroatoms. The van der Waals surface area contributed by atoms with E-state index in [-0.39, 0.29) is 13.1 Å². The minimum absolute atomic E-state index is 0.199. The van der Waals surface area contributed by atoms with Crippen molar-refractivity contribution >= 4 is 0 Å². The van der Waals surface area contributed by atoms with Crippen molar-refractivity contribution in [1.29, 1.82) is 0 Å². The van der Waals surface area contributed by atoms with Crippen LogP contribution in [0.25, 0.3) is 0 Å². The van der Waals surface area contributed by atoms with Crippen molar-refractivity contribution in [3.63, 3.8) is 0 Å². The molecule has 0 bridgehead atoms. The van der Waals surface area contributed by atoms with Crippen LogP contribution in [0.1, 0.15) is 0 Å². The van der Waals surface area contributed by atoms with E-state index in [9.17, 15) is 13.2 Å². The third-order valence-corrected chi connectivity index (χ3v) is 1.06. The van der Waals surface area contributed by atoms with Crippen LogP contribution in [-0.2, 0) is 0 Å². The number of hydrogen-bond acceptors (Lipinski definition) is 1. The summed E-state index contributed by atoms with van der Waals surface area (Å²) in [5.41, 5.74) is 0. The summed E-state index contributed by atoms with van der Waals surface area (Å²) < 4.78 is 35.8. The highest BCUT2D eigenvalue weighted by molar-refractivity contribution is 4.80. The maximum Gasteiger partial charge on any atom is 0.460 e. The summed E-state index contributed by atoms with van der Waals surface area (Å²) in [6.07, 6.45) is -1.88. The molecule has 0 N–H and O–H groups in total. The first-order chi connectivity index (χ1) is 5.02. The number of hydrogen-bond donors (Lipinski definition) is 0. The average molecular weight is 165 g/mol. The lowest BCUT2D eigenvalue weighted by Gasteiger charge is -2.21. The van der Waals surface area contributed by atoms with Crippen LogP contribution in [0.4, 0.5) is 13.2 Å². The Kier molecular flexibility index (Phi) is 3.89. The van der Waals surface area contributed by atoms with E-state index in [0.717, 1.165) is 0 Å². The second kappa shape index (κ2) is 4.18. The van der Waals surface area contributed by atoms with E-state index in [0.29, 0.717) is 4.90 Å². The zero-order chi connectivity index (χ0) is 8.91. The second-order valence-electron chi connectivity index (χ2n) is 1.95. The van der Waals surface area contributed by atoms with Crippen LogP contribution >= 0.6 is 0 Å². The van der Waals surface area contributed by atoms with Gasteiger partial charge in [-0.2, -0.15) is 13.2 Å². The van der Waals surface area contributed by atoms with Crippen LogP contribution in [0.5, 0.6) is 0 Å². The van der Waals surface area contributed by atoms with Crippen molar-refractivity contribution in [3.05, 3.63) is 25.3 Å². The monoisotopic (exact) mass is 165 g/mol. The largest absolute Gasteiger partial charge is 0.460 e. The van der Waals surface area contributed by atoms with Gasteiger partial charge in [-0.15, -0.1) is 13.2 Å². The van der Waals surface area contributed by atoms with Gasteiger partial charge in [-0.05, 0) is 0 Å². The van der Waals surface area contributed by atoms with Gasteiger partial charge in [0.05, 0.1) is 0 Å². The number of alkyl halides is 3. The first-order valence-corrected chi connectivity index (χ1v) is 3.06. The Morgan fingerprint density at radius 3 is 1.64 bits per heavy atom. The second-order valence-corrected chi connectivity index (χ2v) is 1.95. The smallest absolute Gasteiger partial charge is 0.207 e. The van der Waals surface area contributed by atoms with Crippen LogP contribution in [0, 0.1) is 0 Å². The molecule has 0 aromatic heterocycles. The fraction of sp³-hybridized carbons (Fsp3) is 0.429. The third kappa shape index (κ3) is 3.83. The predicted molar refractivity (Wildman–Crippen MR) is 38.0 cm³/mol. The summed E-state index contributed by atoms with van der Waals surface area (Å²) in [7, 11) is 0. The van der Waals surface area contributed by atoms with E-state index < -0.39 is 6.30 Å². The highest BCUT2D eigenvalue weighted by Gasteiger charge is 2.34. The molecular formula is C7H10F3N. The van der Waals surface area contributed by atoms with E-state index in [1.54, 1.807) is 0 Å². The first-order valence-electron chi connectivity index (χ1n) is 3.06. The topological polar surface area (TPSA) is 3.24 Å². The number of rotatable bonds is 4. The van der Waals surface area contributed by atoms with Gasteiger partial charge in [0.2, 0.25) is 0 Å². The molecule has 0 unspecified atom stereocenters. The van der Waals surface area contributed by atoms with Gasteiger partial charge in [0.1, 0.15) is 0 Å². The summed E-state index contributed by atoms with van der Waals surface area (Å²) in [5, 5.41) is 0. The lowest BCUT2D eigenvalue weighted by molar-refractivity contribution is -0.238. The lowest BCUT2D eigenvalue weighted by atomic mass is 10.5. The van der Waals surface area contributed by atoms with Gasteiger partial charge in [0.25, 0.3) is 0 Å². The first kappa shape index (κ1) is 10.2. The number of halogens is 3. The Hall–Kier alpha value is -0.770. The summed E-state index contributed by atoms with van der Waals surface area (Å²) in [6, 6.07) is 0. The van der Waals surface area contributed by atoms with Crippen LogP contribution in [0.3, 0.4) is 0 Å². The number of nitrogens with zero attached hydrogens (tertiary/aromatic N) is 1. The van der Waals surface area contributed by atoms with Gasteiger partial charge in [0, 0.05) is 13.1 Å². The third-order valence-electron chi connectivity index (χ3n) is 1.06. The summed E-state index contributed by atoms with van der Waals surface area (Å²) in [6.45, 7) is 6.04. The standard InChI is InChI=1S/C7H10F3N/c1-3-5-11(6-4-2)7(8,9)10/h3-4H,1-2,5-6H2. The SMILES string of the molecule is C=CCN(CC=C)C(F)(F)F. The normalized spacial score (nSPS) is 11.6. The van der Waals surface area contributed by atoms with Gasteiger partial charge in [-0.25, -0.2) is 4.90 Å². The van der Waals surface area contributed by atoms with E-state index in [2.05, 4.69) is 13.2 Å². The Morgan fingerprint density at radius 1 is 1.09 bits per heavy atom. The van der Waals surface area contributed by atoms with Gasteiger partial charge in [-0.1, -0.05) is 12.2 Å². The van der Waals surface area contributed by atoms with E-state index in [1.165, 1.54) is 12.2 Å². The molecule has 0 saturated heterocycles. The molecule has 0 aliphatic rings. The zero-order valence-electron chi connectivity index (χ0n) is 6.06. The van der Waals surface area contributed by atoms with Crippen LogP contribution in [0.15, 0.2) is 25.3 Å². The molecule has 0 rings (SSSR count). The van der Waals surface area contributed by atoms with Crippen molar-refractivity contribution in [2.45, 2.75) is 6.30 Å². The average Bonchev–Trinajstić information content (AvgIpc) is 1.85. The van der Waals surface area contributed by atoms with Crippen LogP contribution < -0.4 is 0 Å². The zero-order valence-corrected chi connectivity index (χ0v) is 6.06. The highest BCUT2D eigenvalue weighted by atomic mass is 19.4. The Balaban J connectivity index is 4.08. The van der Waals surface area contributed by atoms with E-state index >= 15 is 0 Å². The van der Waals surface area contributed by atoms with Crippen molar-refractivity contribution < 1.29 is 13.2 Å². The van der Waals surface area contributed by atoms with Crippen molar-refractivity contribution in [2.24, 2.45) is 0 Å². The van der Waals surface area contributed by atoms with E-state index in [1.807, 2.05) is 0 Å². The molecule has 0 amide bonds. The maximum atomic E-state index is 11.9. The quantitative estimate of drug-likeness (QED) is 0.456. The molecule has 0 spiro atoms. The molecule has 0 radical (unpaired) electrons. The van der Waals surface area contributed by atoms with Gasteiger partial charge in [0.15, 0.2) is 0 Å². The Labute approximate surface area is 63.8 Å². The maximum absolute atomic E-state index is 11.9. The minimum atomic E-state index is -4.29. The molecule has 0 saturated carbocycles. The van der Waals surface area contributed by atoms with Gasteiger partial charge >= 0.3 is 6.30 Å². The summed E-state index contributed by atoms with van der Waals surface area (Å²) >= 11 is 0. The lowest BCUT2D eigenvalue weighted by Crippen LogP contribution is -2.37. The highest BCUT2D eigenvalue weighted by Crippen LogP contribution is 2.20. The molecule has 0 aromatic carbocycles. The molecule has 0 fully saturated rings. The van der Waals surface area contributed by atoms with Crippen molar-refractivity contribution in [2.75, 3.05) is 13.1 Å². The summed E-state index contributed by atoms with van der Waals surface area (Å²) in [4.78, 5) is 0.312. The molecule has 1 nitrogen and oxygen atoms in total. The molecule has 0 aliphatic heterocycles. The van der Waals surface area contributed by atoms with Crippen LogP contribution in [0.2, 0.25) is 0 Å². The van der Waals surface area contributed by atoms with Crippen molar-refractivity contribution in [1.82, 2.24) is 4.90 Å². The Bertz CT molecular complexity index is 129. The fourth-order valence-corrected chi connectivity index (χ4v) is 0.593.